The quantitative estimate of drug-likeness (QED) is 0.597. The zero-order chi connectivity index (χ0) is 19.9. The van der Waals surface area contributed by atoms with Gasteiger partial charge in [-0.15, -0.1) is 11.8 Å². The number of carbonyl (C=O) groups is 2. The fraction of sp³-hybridized carbons (Fsp3) is 0.176. The molecule has 0 aliphatic rings. The van der Waals surface area contributed by atoms with Gasteiger partial charge in [0.25, 0.3) is 10.0 Å². The molecule has 4 N–H and O–H groups in total. The molecule has 0 radical (unpaired) electrons. The molecular formula is C17H18ClN3O4S2. The molecule has 0 fully saturated rings. The lowest BCUT2D eigenvalue weighted by Gasteiger charge is -2.08. The van der Waals surface area contributed by atoms with Gasteiger partial charge in [-0.1, -0.05) is 41.9 Å². The highest BCUT2D eigenvalue weighted by Crippen LogP contribution is 2.20. The van der Waals surface area contributed by atoms with Gasteiger partial charge in [-0.05, 0) is 29.3 Å². The van der Waals surface area contributed by atoms with Crippen molar-refractivity contribution in [1.29, 1.82) is 0 Å². The Labute approximate surface area is 166 Å². The Morgan fingerprint density at radius 1 is 1.07 bits per heavy atom. The Kier molecular flexibility index (Phi) is 7.52. The fourth-order valence-corrected chi connectivity index (χ4v) is 4.27. The van der Waals surface area contributed by atoms with Crippen LogP contribution < -0.4 is 15.8 Å². The maximum atomic E-state index is 12.3. The summed E-state index contributed by atoms with van der Waals surface area (Å²) in [4.78, 5) is 22.6. The molecule has 0 unspecified atom stereocenters. The van der Waals surface area contributed by atoms with Gasteiger partial charge in [-0.2, -0.15) is 0 Å². The summed E-state index contributed by atoms with van der Waals surface area (Å²) in [5.74, 6) is -0.147. The van der Waals surface area contributed by atoms with Gasteiger partial charge in [-0.3, -0.25) is 4.79 Å². The molecule has 2 aromatic carbocycles. The first-order valence-electron chi connectivity index (χ1n) is 7.77. The Balaban J connectivity index is 1.88. The highest BCUT2D eigenvalue weighted by atomic mass is 35.5. The predicted molar refractivity (Wildman–Crippen MR) is 106 cm³/mol. The number of sulfonamides is 1. The zero-order valence-electron chi connectivity index (χ0n) is 14.1. The number of halogens is 1. The van der Waals surface area contributed by atoms with Crippen molar-refractivity contribution in [2.24, 2.45) is 5.73 Å². The smallest absolute Gasteiger partial charge is 0.312 e. The monoisotopic (exact) mass is 427 g/mol. The summed E-state index contributed by atoms with van der Waals surface area (Å²) in [7, 11) is -3.96. The molecule has 0 saturated carbocycles. The lowest BCUT2D eigenvalue weighted by molar-refractivity contribution is -0.116. The molecular weight excluding hydrogens is 410 g/mol. The van der Waals surface area contributed by atoms with Crippen LogP contribution in [0.4, 0.5) is 4.79 Å². The van der Waals surface area contributed by atoms with E-state index in [1.54, 1.807) is 6.07 Å². The van der Waals surface area contributed by atoms with Gasteiger partial charge >= 0.3 is 6.03 Å². The Morgan fingerprint density at radius 2 is 1.74 bits per heavy atom. The molecule has 0 aliphatic carbocycles. The van der Waals surface area contributed by atoms with E-state index in [9.17, 15) is 18.0 Å². The summed E-state index contributed by atoms with van der Waals surface area (Å²) in [5, 5.41) is 3.00. The van der Waals surface area contributed by atoms with Gasteiger partial charge in [0.2, 0.25) is 5.91 Å². The molecule has 0 spiro atoms. The Hall–Kier alpha value is -2.23. The van der Waals surface area contributed by atoms with Crippen LogP contribution in [0.3, 0.4) is 0 Å². The maximum absolute atomic E-state index is 12.3. The number of amides is 3. The average Bonchev–Trinajstić information content (AvgIpc) is 2.61. The molecule has 0 aromatic heterocycles. The van der Waals surface area contributed by atoms with Gasteiger partial charge in [0.05, 0.1) is 10.6 Å². The molecule has 144 valence electrons. The van der Waals surface area contributed by atoms with Crippen molar-refractivity contribution in [3.05, 3.63) is 64.7 Å². The number of nitrogens with one attached hydrogen (secondary N) is 2. The molecule has 27 heavy (non-hydrogen) atoms. The van der Waals surface area contributed by atoms with E-state index in [0.717, 1.165) is 5.56 Å². The molecule has 2 aromatic rings. The minimum atomic E-state index is -3.96. The lowest BCUT2D eigenvalue weighted by atomic mass is 10.2. The molecule has 3 amide bonds. The Morgan fingerprint density at radius 3 is 2.37 bits per heavy atom. The normalized spacial score (nSPS) is 11.0. The Bertz CT molecular complexity index is 918. The third-order valence-electron chi connectivity index (χ3n) is 3.40. The van der Waals surface area contributed by atoms with E-state index < -0.39 is 22.0 Å². The van der Waals surface area contributed by atoms with E-state index >= 15 is 0 Å². The van der Waals surface area contributed by atoms with E-state index in [-0.39, 0.29) is 17.2 Å². The lowest BCUT2D eigenvalue weighted by Crippen LogP contribution is -2.32. The summed E-state index contributed by atoms with van der Waals surface area (Å²) in [6.45, 7) is 0.181. The number of rotatable bonds is 8. The van der Waals surface area contributed by atoms with Crippen LogP contribution in [0, 0.1) is 0 Å². The van der Waals surface area contributed by atoms with Crippen LogP contribution in [0.15, 0.2) is 53.4 Å². The second kappa shape index (κ2) is 9.63. The van der Waals surface area contributed by atoms with Crippen LogP contribution in [-0.4, -0.2) is 26.1 Å². The van der Waals surface area contributed by atoms with Gasteiger partial charge in [0, 0.05) is 17.3 Å². The molecule has 2 rings (SSSR count). The van der Waals surface area contributed by atoms with Crippen LogP contribution >= 0.6 is 23.4 Å². The summed E-state index contributed by atoms with van der Waals surface area (Å²) >= 11 is 7.30. The van der Waals surface area contributed by atoms with Crippen molar-refractivity contribution in [3.8, 4) is 0 Å². The van der Waals surface area contributed by atoms with Crippen molar-refractivity contribution >= 4 is 45.3 Å². The summed E-state index contributed by atoms with van der Waals surface area (Å²) in [5.41, 5.74) is 6.53. The first-order valence-corrected chi connectivity index (χ1v) is 10.8. The van der Waals surface area contributed by atoms with E-state index in [1.807, 2.05) is 22.9 Å². The van der Waals surface area contributed by atoms with Crippen LogP contribution in [-0.2, 0) is 27.1 Å². The topological polar surface area (TPSA) is 118 Å². The number of carbonyl (C=O) groups excluding carboxylic acids is 2. The summed E-state index contributed by atoms with van der Waals surface area (Å²) in [6, 6.07) is 12.3. The molecule has 0 saturated heterocycles. The van der Waals surface area contributed by atoms with Crippen molar-refractivity contribution in [1.82, 2.24) is 10.0 Å². The second-order valence-electron chi connectivity index (χ2n) is 5.47. The summed E-state index contributed by atoms with van der Waals surface area (Å²) < 4.78 is 26.5. The summed E-state index contributed by atoms with van der Waals surface area (Å²) in [6.07, 6.45) is 0. The third kappa shape index (κ3) is 6.78. The van der Waals surface area contributed by atoms with Crippen molar-refractivity contribution in [2.45, 2.75) is 17.2 Å². The first-order chi connectivity index (χ1) is 12.8. The minimum Gasteiger partial charge on any atom is -0.352 e. The maximum Gasteiger partial charge on any atom is 0.312 e. The first kappa shape index (κ1) is 21.1. The molecule has 0 atom stereocenters. The number of urea groups is 1. The number of thioether (sulfide) groups is 1. The number of hydrogen-bond acceptors (Lipinski definition) is 5. The van der Waals surface area contributed by atoms with Crippen LogP contribution in [0.2, 0.25) is 5.02 Å². The fourth-order valence-electron chi connectivity index (χ4n) is 2.08. The predicted octanol–water partition coefficient (Wildman–Crippen LogP) is 2.25. The van der Waals surface area contributed by atoms with Gasteiger partial charge in [-0.25, -0.2) is 17.9 Å². The van der Waals surface area contributed by atoms with Crippen molar-refractivity contribution in [3.63, 3.8) is 0 Å². The van der Waals surface area contributed by atoms with Gasteiger partial charge in [0.15, 0.2) is 0 Å². The van der Waals surface area contributed by atoms with E-state index in [2.05, 4.69) is 5.32 Å². The van der Waals surface area contributed by atoms with Gasteiger partial charge < -0.3 is 11.1 Å². The number of primary amides is 1. The van der Waals surface area contributed by atoms with Crippen LogP contribution in [0.25, 0.3) is 0 Å². The number of nitrogens with two attached hydrogens (primary N) is 1. The minimum absolute atomic E-state index is 0.0227. The standard InChI is InChI=1S/C17H18ClN3O4S2/c18-15-4-2-1-3-13(15)10-26-11-16(22)21-27(24,25)14-7-5-12(6-8-14)9-20-17(19)23/h1-8H,9-11H2,(H,21,22)(H3,19,20,23). The highest BCUT2D eigenvalue weighted by molar-refractivity contribution is 7.99. The largest absolute Gasteiger partial charge is 0.352 e. The van der Waals surface area contributed by atoms with Crippen molar-refractivity contribution < 1.29 is 18.0 Å². The SMILES string of the molecule is NC(=O)NCc1ccc(S(=O)(=O)NC(=O)CSCc2ccccc2Cl)cc1. The van der Waals surface area contributed by atoms with E-state index in [4.69, 9.17) is 17.3 Å². The van der Waals surface area contributed by atoms with E-state index in [1.165, 1.54) is 36.0 Å². The number of benzene rings is 2. The second-order valence-corrected chi connectivity index (χ2v) is 8.55. The third-order valence-corrected chi connectivity index (χ3v) is 6.14. The number of hydrogen-bond donors (Lipinski definition) is 3. The molecule has 0 aliphatic heterocycles. The highest BCUT2D eigenvalue weighted by Gasteiger charge is 2.17. The average molecular weight is 428 g/mol. The molecule has 10 heteroatoms. The van der Waals surface area contributed by atoms with Crippen molar-refractivity contribution in [2.75, 3.05) is 5.75 Å². The molecule has 0 bridgehead atoms. The van der Waals surface area contributed by atoms with Crippen LogP contribution in [0.1, 0.15) is 11.1 Å². The zero-order valence-corrected chi connectivity index (χ0v) is 16.5. The molecule has 0 heterocycles. The van der Waals surface area contributed by atoms with E-state index in [0.29, 0.717) is 16.3 Å². The molecule has 7 nitrogen and oxygen atoms in total. The van der Waals surface area contributed by atoms with Crippen LogP contribution in [0.5, 0.6) is 0 Å². The van der Waals surface area contributed by atoms with Gasteiger partial charge in [0.1, 0.15) is 0 Å².